The maximum atomic E-state index is 12.6. The summed E-state index contributed by atoms with van der Waals surface area (Å²) in [7, 11) is -2.31. The number of sulfonamides is 1. The van der Waals surface area contributed by atoms with Gasteiger partial charge in [-0.05, 0) is 49.2 Å². The maximum absolute atomic E-state index is 12.6. The second-order valence-corrected chi connectivity index (χ2v) is 8.46. The molecule has 29 heavy (non-hydrogen) atoms. The average molecular weight is 421 g/mol. The van der Waals surface area contributed by atoms with E-state index in [0.717, 1.165) is 19.3 Å². The number of hydrogen-bond acceptors (Lipinski definition) is 6. The lowest BCUT2D eigenvalue weighted by atomic mass is 10.2. The molecule has 9 nitrogen and oxygen atoms in total. The SMILES string of the molecule is COCC(=O)Nc1ccc(NC(=O)c2ccc(S(=O)(=O)N3CCCCC3)o2)cc1. The van der Waals surface area contributed by atoms with E-state index in [1.807, 2.05) is 0 Å². The minimum absolute atomic E-state index is 0.0559. The van der Waals surface area contributed by atoms with Crippen molar-refractivity contribution >= 4 is 33.2 Å². The van der Waals surface area contributed by atoms with E-state index in [2.05, 4.69) is 10.6 Å². The van der Waals surface area contributed by atoms with E-state index in [1.54, 1.807) is 24.3 Å². The minimum atomic E-state index is -3.73. The molecule has 1 aliphatic heterocycles. The molecular weight excluding hydrogens is 398 g/mol. The number of rotatable bonds is 7. The Balaban J connectivity index is 1.63. The van der Waals surface area contributed by atoms with Gasteiger partial charge in [0.1, 0.15) is 6.61 Å². The summed E-state index contributed by atoms with van der Waals surface area (Å²) in [5.41, 5.74) is 1.02. The van der Waals surface area contributed by atoms with Crippen LogP contribution in [0.3, 0.4) is 0 Å². The van der Waals surface area contributed by atoms with Gasteiger partial charge >= 0.3 is 0 Å². The molecule has 0 radical (unpaired) electrons. The number of furan rings is 1. The predicted molar refractivity (Wildman–Crippen MR) is 106 cm³/mol. The van der Waals surface area contributed by atoms with Gasteiger partial charge in [-0.2, -0.15) is 4.31 Å². The van der Waals surface area contributed by atoms with Crippen molar-refractivity contribution in [2.75, 3.05) is 37.4 Å². The molecule has 2 aromatic rings. The highest BCUT2D eigenvalue weighted by Gasteiger charge is 2.29. The monoisotopic (exact) mass is 421 g/mol. The van der Waals surface area contributed by atoms with Crippen molar-refractivity contribution in [1.82, 2.24) is 4.31 Å². The number of carbonyl (C=O) groups is 2. The Morgan fingerprint density at radius 2 is 1.62 bits per heavy atom. The highest BCUT2D eigenvalue weighted by Crippen LogP contribution is 2.23. The lowest BCUT2D eigenvalue weighted by molar-refractivity contribution is -0.119. The summed E-state index contributed by atoms with van der Waals surface area (Å²) in [5, 5.41) is 5.03. The molecule has 0 saturated carbocycles. The van der Waals surface area contributed by atoms with Crippen LogP contribution in [-0.4, -0.2) is 51.3 Å². The van der Waals surface area contributed by atoms with Crippen molar-refractivity contribution < 1.29 is 27.2 Å². The van der Waals surface area contributed by atoms with Crippen molar-refractivity contribution in [3.63, 3.8) is 0 Å². The fraction of sp³-hybridized carbons (Fsp3) is 0.368. The quantitative estimate of drug-likeness (QED) is 0.708. The largest absolute Gasteiger partial charge is 0.438 e. The smallest absolute Gasteiger partial charge is 0.291 e. The minimum Gasteiger partial charge on any atom is -0.438 e. The second kappa shape index (κ2) is 9.21. The van der Waals surface area contributed by atoms with Crippen LogP contribution in [0.5, 0.6) is 0 Å². The zero-order valence-corrected chi connectivity index (χ0v) is 16.8. The molecule has 10 heteroatoms. The van der Waals surface area contributed by atoms with Crippen LogP contribution < -0.4 is 10.6 Å². The first-order valence-electron chi connectivity index (χ1n) is 9.20. The Labute approximate surface area is 169 Å². The molecule has 1 saturated heterocycles. The molecule has 0 atom stereocenters. The van der Waals surface area contributed by atoms with E-state index in [-0.39, 0.29) is 23.4 Å². The number of nitrogens with zero attached hydrogens (tertiary/aromatic N) is 1. The lowest BCUT2D eigenvalue weighted by Crippen LogP contribution is -2.35. The Morgan fingerprint density at radius 3 is 2.24 bits per heavy atom. The zero-order valence-electron chi connectivity index (χ0n) is 16.0. The third-order valence-electron chi connectivity index (χ3n) is 4.42. The van der Waals surface area contributed by atoms with Gasteiger partial charge in [0.25, 0.3) is 15.9 Å². The Kier molecular flexibility index (Phi) is 6.68. The van der Waals surface area contributed by atoms with Gasteiger partial charge < -0.3 is 19.8 Å². The first-order valence-corrected chi connectivity index (χ1v) is 10.6. The number of carbonyl (C=O) groups excluding carboxylic acids is 2. The van der Waals surface area contributed by atoms with Gasteiger partial charge in [-0.1, -0.05) is 6.42 Å². The Bertz CT molecular complexity index is 962. The van der Waals surface area contributed by atoms with Crippen LogP contribution in [0.4, 0.5) is 11.4 Å². The van der Waals surface area contributed by atoms with Gasteiger partial charge in [-0.15, -0.1) is 0 Å². The van der Waals surface area contributed by atoms with Crippen LogP contribution >= 0.6 is 0 Å². The maximum Gasteiger partial charge on any atom is 0.291 e. The third-order valence-corrected chi connectivity index (χ3v) is 6.19. The van der Waals surface area contributed by atoms with E-state index in [9.17, 15) is 18.0 Å². The van der Waals surface area contributed by atoms with E-state index >= 15 is 0 Å². The molecule has 2 amide bonds. The van der Waals surface area contributed by atoms with Gasteiger partial charge in [-0.3, -0.25) is 9.59 Å². The molecule has 0 bridgehead atoms. The normalized spacial score (nSPS) is 15.1. The number of benzene rings is 1. The number of hydrogen-bond donors (Lipinski definition) is 2. The summed E-state index contributed by atoms with van der Waals surface area (Å²) < 4.78 is 36.7. The van der Waals surface area contributed by atoms with Crippen LogP contribution in [0, 0.1) is 0 Å². The topological polar surface area (TPSA) is 118 Å². The molecule has 3 rings (SSSR count). The molecule has 1 fully saturated rings. The number of amides is 2. The molecule has 2 N–H and O–H groups in total. The number of ether oxygens (including phenoxy) is 1. The van der Waals surface area contributed by atoms with Crippen molar-refractivity contribution in [3.05, 3.63) is 42.2 Å². The van der Waals surface area contributed by atoms with Crippen molar-refractivity contribution in [2.45, 2.75) is 24.4 Å². The second-order valence-electron chi connectivity index (χ2n) is 6.60. The first kappa shape index (κ1) is 21.0. The average Bonchev–Trinajstić information content (AvgIpc) is 3.22. The molecular formula is C19H23N3O6S. The van der Waals surface area contributed by atoms with Gasteiger partial charge in [0.2, 0.25) is 11.0 Å². The Morgan fingerprint density at radius 1 is 1.00 bits per heavy atom. The molecule has 0 aliphatic carbocycles. The fourth-order valence-electron chi connectivity index (χ4n) is 2.97. The van der Waals surface area contributed by atoms with Crippen molar-refractivity contribution in [1.29, 1.82) is 0 Å². The molecule has 1 aromatic carbocycles. The number of anilines is 2. The van der Waals surface area contributed by atoms with E-state index in [0.29, 0.717) is 24.5 Å². The first-order chi connectivity index (χ1) is 13.9. The van der Waals surface area contributed by atoms with E-state index in [1.165, 1.54) is 23.5 Å². The zero-order chi connectivity index (χ0) is 20.9. The lowest BCUT2D eigenvalue weighted by Gasteiger charge is -2.24. The third kappa shape index (κ3) is 5.22. The Hall–Kier alpha value is -2.69. The fourth-order valence-corrected chi connectivity index (χ4v) is 4.40. The van der Waals surface area contributed by atoms with Crippen molar-refractivity contribution in [3.8, 4) is 0 Å². The van der Waals surface area contributed by atoms with Crippen LogP contribution in [-0.2, 0) is 19.6 Å². The van der Waals surface area contributed by atoms with Gasteiger partial charge in [-0.25, -0.2) is 8.42 Å². The van der Waals surface area contributed by atoms with Crippen LogP contribution in [0.25, 0.3) is 0 Å². The van der Waals surface area contributed by atoms with Gasteiger partial charge in [0.05, 0.1) is 0 Å². The predicted octanol–water partition coefficient (Wildman–Crippen LogP) is 2.29. The van der Waals surface area contributed by atoms with E-state index < -0.39 is 15.9 Å². The number of methoxy groups -OCH3 is 1. The summed E-state index contributed by atoms with van der Waals surface area (Å²) in [6.45, 7) is 0.856. The van der Waals surface area contributed by atoms with Gasteiger partial charge in [0.15, 0.2) is 5.76 Å². The van der Waals surface area contributed by atoms with Gasteiger partial charge in [0, 0.05) is 31.6 Å². The summed E-state index contributed by atoms with van der Waals surface area (Å²) in [6.07, 6.45) is 2.64. The summed E-state index contributed by atoms with van der Waals surface area (Å²) in [4.78, 5) is 23.9. The number of piperidine rings is 1. The summed E-state index contributed by atoms with van der Waals surface area (Å²) in [6, 6.07) is 9.09. The van der Waals surface area contributed by atoms with Crippen LogP contribution in [0.1, 0.15) is 29.8 Å². The molecule has 1 aliphatic rings. The summed E-state index contributed by atoms with van der Waals surface area (Å²) >= 11 is 0. The van der Waals surface area contributed by atoms with E-state index in [4.69, 9.17) is 9.15 Å². The summed E-state index contributed by atoms with van der Waals surface area (Å²) in [5.74, 6) is -0.957. The van der Waals surface area contributed by atoms with Crippen molar-refractivity contribution in [2.24, 2.45) is 0 Å². The highest BCUT2D eigenvalue weighted by atomic mass is 32.2. The molecule has 2 heterocycles. The van der Waals surface area contributed by atoms with Crippen LogP contribution in [0.15, 0.2) is 45.9 Å². The molecule has 0 spiro atoms. The molecule has 156 valence electrons. The number of nitrogens with one attached hydrogen (secondary N) is 2. The molecule has 1 aromatic heterocycles. The highest BCUT2D eigenvalue weighted by molar-refractivity contribution is 7.89. The van der Waals surface area contributed by atoms with Crippen LogP contribution in [0.2, 0.25) is 0 Å². The standard InChI is InChI=1S/C19H23N3O6S/c1-27-13-17(23)20-14-5-7-15(8-6-14)21-19(24)16-9-10-18(28-16)29(25,26)22-11-3-2-4-12-22/h5-10H,2-4,11-13H2,1H3,(H,20,23)(H,21,24). The molecule has 0 unspecified atom stereocenters.